The van der Waals surface area contributed by atoms with Crippen LogP contribution in [0.15, 0.2) is 4.99 Å². The summed E-state index contributed by atoms with van der Waals surface area (Å²) in [7, 11) is 3.71. The Morgan fingerprint density at radius 1 is 1.64 bits per heavy atom. The maximum absolute atomic E-state index is 10.9. The molecule has 0 aliphatic carbocycles. The van der Waals surface area contributed by atoms with Gasteiger partial charge in [0.25, 0.3) is 0 Å². The van der Waals surface area contributed by atoms with E-state index in [1.807, 2.05) is 43.6 Å². The van der Waals surface area contributed by atoms with Crippen molar-refractivity contribution in [1.29, 1.82) is 0 Å². The van der Waals surface area contributed by atoms with Crippen LogP contribution in [-0.2, 0) is 0 Å². The number of carbonyl (C=O) groups excluding carboxylic acids is 1. The highest BCUT2D eigenvalue weighted by atomic mass is 127. The number of nitrogens with zero attached hydrogens (tertiary/aromatic N) is 2. The van der Waals surface area contributed by atoms with Crippen LogP contribution in [0.3, 0.4) is 0 Å². The maximum Gasteiger partial charge on any atom is 0.307 e. The fourth-order valence-corrected chi connectivity index (χ4v) is 1.11. The van der Waals surface area contributed by atoms with Crippen molar-refractivity contribution in [3.05, 3.63) is 0 Å². The lowest BCUT2D eigenvalue weighted by atomic mass is 10.9. The number of thioether (sulfide) groups is 1. The van der Waals surface area contributed by atoms with Gasteiger partial charge in [-0.15, -0.1) is 0 Å². The van der Waals surface area contributed by atoms with Gasteiger partial charge in [0.2, 0.25) is 0 Å². The van der Waals surface area contributed by atoms with Gasteiger partial charge in [0, 0.05) is 14.1 Å². The molecule has 0 saturated carbocycles. The Bertz CT molecular complexity index is 170. The smallest absolute Gasteiger partial charge is 0.307 e. The molecule has 0 aromatic carbocycles. The highest BCUT2D eigenvalue weighted by Gasteiger charge is 2.00. The molecule has 0 bridgehead atoms. The van der Waals surface area contributed by atoms with E-state index < -0.39 is 0 Å². The van der Waals surface area contributed by atoms with E-state index in [0.29, 0.717) is 3.84 Å². The Kier molecular flexibility index (Phi) is 5.93. The zero-order valence-electron chi connectivity index (χ0n) is 6.80. The summed E-state index contributed by atoms with van der Waals surface area (Å²) in [5.74, 6) is 0.777. The number of hydrogen-bond acceptors (Lipinski definition) is 2. The molecule has 1 amide bonds. The van der Waals surface area contributed by atoms with E-state index in [4.69, 9.17) is 0 Å². The third-order valence-electron chi connectivity index (χ3n) is 0.820. The van der Waals surface area contributed by atoms with Gasteiger partial charge in [-0.2, -0.15) is 4.99 Å². The molecular weight excluding hydrogens is 275 g/mol. The largest absolute Gasteiger partial charge is 0.358 e. The van der Waals surface area contributed by atoms with E-state index in [2.05, 4.69) is 4.99 Å². The fourth-order valence-electron chi connectivity index (χ4n) is 0.331. The van der Waals surface area contributed by atoms with Crippen LogP contribution in [0.5, 0.6) is 0 Å². The van der Waals surface area contributed by atoms with Crippen LogP contribution in [0.2, 0.25) is 0 Å². The molecule has 11 heavy (non-hydrogen) atoms. The minimum atomic E-state index is -0.120. The second-order valence-electron chi connectivity index (χ2n) is 1.97. The predicted molar refractivity (Wildman–Crippen MR) is 58.7 cm³/mol. The molecule has 0 heterocycles. The molecule has 0 unspecified atom stereocenters. The number of amidine groups is 1. The van der Waals surface area contributed by atoms with Crippen LogP contribution in [0.25, 0.3) is 0 Å². The van der Waals surface area contributed by atoms with Gasteiger partial charge < -0.3 is 4.90 Å². The second kappa shape index (κ2) is 5.82. The van der Waals surface area contributed by atoms with E-state index in [1.165, 1.54) is 11.8 Å². The van der Waals surface area contributed by atoms with E-state index in [1.54, 1.807) is 4.90 Å². The van der Waals surface area contributed by atoms with Crippen LogP contribution in [-0.4, -0.2) is 33.8 Å². The summed E-state index contributed by atoms with van der Waals surface area (Å²) >= 11 is 3.25. The Labute approximate surface area is 84.8 Å². The first kappa shape index (κ1) is 11.2. The van der Waals surface area contributed by atoms with Crippen molar-refractivity contribution >= 4 is 43.4 Å². The molecular formula is C6H11IN2OS. The summed E-state index contributed by atoms with van der Waals surface area (Å²) in [6.07, 6.45) is 0. The molecule has 0 spiro atoms. The van der Waals surface area contributed by atoms with Crippen LogP contribution in [0.1, 0.15) is 6.92 Å². The van der Waals surface area contributed by atoms with Gasteiger partial charge in [-0.05, 0) is 28.3 Å². The van der Waals surface area contributed by atoms with Gasteiger partial charge in [-0.3, -0.25) is 4.79 Å². The molecule has 0 rings (SSSR count). The monoisotopic (exact) mass is 286 g/mol. The average Bonchev–Trinajstić information content (AvgIpc) is 1.87. The molecule has 0 aliphatic heterocycles. The number of halogens is 1. The highest BCUT2D eigenvalue weighted by Crippen LogP contribution is 2.06. The number of hydrogen-bond donors (Lipinski definition) is 0. The summed E-state index contributed by atoms with van der Waals surface area (Å²) in [6.45, 7) is 1.93. The van der Waals surface area contributed by atoms with Crippen LogP contribution in [0, 0.1) is 0 Å². The van der Waals surface area contributed by atoms with Gasteiger partial charge in [0.05, 0.1) is 0 Å². The Balaban J connectivity index is 3.97. The lowest BCUT2D eigenvalue weighted by molar-refractivity contribution is 0.267. The summed E-state index contributed by atoms with van der Waals surface area (Å²) in [6, 6.07) is 0. The Morgan fingerprint density at radius 2 is 2.18 bits per heavy atom. The standard InChI is InChI=1S/C6H11IN2OS/c1-4-11-6(10)8-5(7)9(2)3/h4H2,1-3H3/b8-5-. The maximum atomic E-state index is 10.9. The highest BCUT2D eigenvalue weighted by molar-refractivity contribution is 14.1. The van der Waals surface area contributed by atoms with Crippen LogP contribution in [0.4, 0.5) is 4.79 Å². The number of carbonyl (C=O) groups is 1. The topological polar surface area (TPSA) is 32.7 Å². The van der Waals surface area contributed by atoms with E-state index in [-0.39, 0.29) is 5.24 Å². The minimum Gasteiger partial charge on any atom is -0.358 e. The summed E-state index contributed by atoms with van der Waals surface area (Å²) in [5.41, 5.74) is 0. The van der Waals surface area contributed by atoms with Crippen molar-refractivity contribution in [2.75, 3.05) is 19.8 Å². The molecule has 0 saturated heterocycles. The van der Waals surface area contributed by atoms with Crippen molar-refractivity contribution in [3.8, 4) is 0 Å². The van der Waals surface area contributed by atoms with Gasteiger partial charge >= 0.3 is 5.24 Å². The molecule has 0 aliphatic rings. The number of rotatable bonds is 1. The zero-order valence-corrected chi connectivity index (χ0v) is 9.77. The van der Waals surface area contributed by atoms with Gasteiger partial charge in [0.1, 0.15) is 0 Å². The van der Waals surface area contributed by atoms with Gasteiger partial charge in [-0.25, -0.2) is 0 Å². The van der Waals surface area contributed by atoms with E-state index in [0.717, 1.165) is 5.75 Å². The summed E-state index contributed by atoms with van der Waals surface area (Å²) < 4.78 is 0.716. The Morgan fingerprint density at radius 3 is 2.55 bits per heavy atom. The van der Waals surface area contributed by atoms with E-state index in [9.17, 15) is 4.79 Å². The van der Waals surface area contributed by atoms with Crippen molar-refractivity contribution in [2.24, 2.45) is 4.99 Å². The molecule has 0 atom stereocenters. The molecule has 0 aromatic heterocycles. The molecule has 0 N–H and O–H groups in total. The molecule has 3 nitrogen and oxygen atoms in total. The first-order valence-electron chi connectivity index (χ1n) is 3.16. The zero-order chi connectivity index (χ0) is 8.85. The summed E-state index contributed by atoms with van der Waals surface area (Å²) in [5, 5.41) is -0.120. The quantitative estimate of drug-likeness (QED) is 0.321. The van der Waals surface area contributed by atoms with E-state index >= 15 is 0 Å². The fraction of sp³-hybridized carbons (Fsp3) is 0.667. The lowest BCUT2D eigenvalue weighted by Gasteiger charge is -2.07. The summed E-state index contributed by atoms with van der Waals surface area (Å²) in [4.78, 5) is 16.5. The third-order valence-corrected chi connectivity index (χ3v) is 2.65. The molecule has 0 aromatic rings. The van der Waals surface area contributed by atoms with Crippen molar-refractivity contribution < 1.29 is 4.79 Å². The first-order valence-corrected chi connectivity index (χ1v) is 5.22. The Hall–Kier alpha value is 0.220. The predicted octanol–water partition coefficient (Wildman–Crippen LogP) is 2.21. The third kappa shape index (κ3) is 5.49. The second-order valence-corrected chi connectivity index (χ2v) is 4.15. The lowest BCUT2D eigenvalue weighted by Crippen LogP contribution is -2.16. The van der Waals surface area contributed by atoms with Crippen LogP contribution >= 0.6 is 34.4 Å². The first-order chi connectivity index (χ1) is 5.07. The minimum absolute atomic E-state index is 0.120. The van der Waals surface area contributed by atoms with Crippen molar-refractivity contribution in [1.82, 2.24) is 4.90 Å². The van der Waals surface area contributed by atoms with Gasteiger partial charge in [0.15, 0.2) is 3.84 Å². The average molecular weight is 286 g/mol. The van der Waals surface area contributed by atoms with Crippen LogP contribution < -0.4 is 0 Å². The number of amides is 1. The number of aliphatic imine (C=N–C) groups is 1. The molecule has 0 fully saturated rings. The molecule has 0 radical (unpaired) electrons. The molecule has 5 heteroatoms. The van der Waals surface area contributed by atoms with Gasteiger partial charge in [-0.1, -0.05) is 18.7 Å². The molecule has 64 valence electrons. The van der Waals surface area contributed by atoms with Crippen molar-refractivity contribution in [2.45, 2.75) is 6.92 Å². The SMILES string of the molecule is CCSC(=O)/N=C(/I)N(C)C. The van der Waals surface area contributed by atoms with Crippen molar-refractivity contribution in [3.63, 3.8) is 0 Å². The normalized spacial score (nSPS) is 11.5.